The van der Waals surface area contributed by atoms with Crippen LogP contribution in [0.2, 0.25) is 0 Å². The molecule has 0 radical (unpaired) electrons. The number of carbonyl (C=O) groups is 2. The van der Waals surface area contributed by atoms with Gasteiger partial charge in [-0.1, -0.05) is 69.0 Å². The molecule has 0 aromatic heterocycles. The number of aryl methyl sites for hydroxylation is 1. The van der Waals surface area contributed by atoms with Crippen LogP contribution in [0.15, 0.2) is 42.0 Å². The number of carbonyl (C=O) groups excluding carboxylic acids is 2. The Balaban J connectivity index is 1.77. The lowest BCUT2D eigenvalue weighted by atomic mass is 9.98. The van der Waals surface area contributed by atoms with E-state index in [1.54, 1.807) is 0 Å². The van der Waals surface area contributed by atoms with E-state index in [1.807, 2.05) is 36.4 Å². The van der Waals surface area contributed by atoms with Crippen molar-refractivity contribution in [3.63, 3.8) is 0 Å². The predicted molar refractivity (Wildman–Crippen MR) is 108 cm³/mol. The van der Waals surface area contributed by atoms with Gasteiger partial charge in [0.2, 0.25) is 0 Å². The monoisotopic (exact) mass is 388 g/mol. The van der Waals surface area contributed by atoms with E-state index in [0.29, 0.717) is 12.0 Å². The molecule has 28 heavy (non-hydrogen) atoms. The topological polar surface area (TPSA) is 72.8 Å². The summed E-state index contributed by atoms with van der Waals surface area (Å²) in [5.74, 6) is -0.774. The van der Waals surface area contributed by atoms with Crippen molar-refractivity contribution in [2.45, 2.75) is 70.3 Å². The number of esters is 2. The Kier molecular flexibility index (Phi) is 9.21. The summed E-state index contributed by atoms with van der Waals surface area (Å²) in [6.07, 6.45) is 9.70. The van der Waals surface area contributed by atoms with Crippen LogP contribution in [0, 0.1) is 0 Å². The molecule has 5 nitrogen and oxygen atoms in total. The van der Waals surface area contributed by atoms with Crippen molar-refractivity contribution in [1.82, 2.24) is 0 Å². The van der Waals surface area contributed by atoms with E-state index < -0.39 is 11.6 Å². The molecule has 0 spiro atoms. The first-order valence-electron chi connectivity index (χ1n) is 10.3. The number of rotatable bonds is 12. The smallest absolute Gasteiger partial charge is 0.334 e. The first-order chi connectivity index (χ1) is 13.6. The van der Waals surface area contributed by atoms with E-state index in [9.17, 15) is 14.7 Å². The second-order valence-corrected chi connectivity index (χ2v) is 7.49. The van der Waals surface area contributed by atoms with Crippen LogP contribution in [0.4, 0.5) is 0 Å². The number of aliphatic hydroxyl groups excluding tert-OH is 1. The first-order valence-corrected chi connectivity index (χ1v) is 10.3. The minimum atomic E-state index is -1.15. The van der Waals surface area contributed by atoms with Crippen LogP contribution in [0.5, 0.6) is 0 Å². The van der Waals surface area contributed by atoms with Gasteiger partial charge in [0.25, 0.3) is 0 Å². The van der Waals surface area contributed by atoms with Crippen LogP contribution in [-0.2, 0) is 25.5 Å². The summed E-state index contributed by atoms with van der Waals surface area (Å²) in [6.45, 7) is 1.70. The van der Waals surface area contributed by atoms with Gasteiger partial charge in [0, 0.05) is 18.4 Å². The molecule has 1 fully saturated rings. The summed E-state index contributed by atoms with van der Waals surface area (Å²) in [7, 11) is 0. The van der Waals surface area contributed by atoms with Gasteiger partial charge < -0.3 is 14.6 Å². The Morgan fingerprint density at radius 2 is 1.96 bits per heavy atom. The molecule has 5 heteroatoms. The van der Waals surface area contributed by atoms with Gasteiger partial charge in [0.15, 0.2) is 5.60 Å². The van der Waals surface area contributed by atoms with Crippen molar-refractivity contribution in [1.29, 1.82) is 0 Å². The van der Waals surface area contributed by atoms with E-state index in [0.717, 1.165) is 24.8 Å². The Hall–Kier alpha value is -2.14. The molecule has 0 amide bonds. The highest BCUT2D eigenvalue weighted by atomic mass is 16.6. The maximum absolute atomic E-state index is 12.1. The summed E-state index contributed by atoms with van der Waals surface area (Å²) in [4.78, 5) is 24.2. The summed E-state index contributed by atoms with van der Waals surface area (Å²) in [5.41, 5.74) is 0.491. The lowest BCUT2D eigenvalue weighted by molar-refractivity contribution is -0.166. The molecule has 1 unspecified atom stereocenters. The SMILES string of the molecule is CCCCCCC/C=C1/CC(CO)(COC(=O)CCc2ccccc2)OC1=O. The number of cyclic esters (lactones) is 1. The quantitative estimate of drug-likeness (QED) is 0.331. The summed E-state index contributed by atoms with van der Waals surface area (Å²) >= 11 is 0. The number of hydrogen-bond donors (Lipinski definition) is 1. The molecule has 0 bridgehead atoms. The van der Waals surface area contributed by atoms with E-state index in [-0.39, 0.29) is 32.0 Å². The molecule has 1 heterocycles. The zero-order valence-electron chi connectivity index (χ0n) is 16.8. The van der Waals surface area contributed by atoms with Crippen LogP contribution in [0.25, 0.3) is 0 Å². The van der Waals surface area contributed by atoms with Crippen LogP contribution in [0.1, 0.15) is 63.9 Å². The standard InChI is InChI=1S/C23H32O5/c1-2-3-4-5-6-10-13-20-16-23(17-24,28-22(20)26)18-27-21(25)15-14-19-11-8-7-9-12-19/h7-9,11-13,24H,2-6,10,14-18H2,1H3/b20-13-. The predicted octanol–water partition coefficient (Wildman–Crippen LogP) is 4.13. The highest BCUT2D eigenvalue weighted by Gasteiger charge is 2.44. The van der Waals surface area contributed by atoms with Crippen molar-refractivity contribution in [2.75, 3.05) is 13.2 Å². The van der Waals surface area contributed by atoms with E-state index in [1.165, 1.54) is 19.3 Å². The molecule has 1 aliphatic heterocycles. The average molecular weight is 389 g/mol. The third kappa shape index (κ3) is 7.12. The Bertz CT molecular complexity index is 652. The van der Waals surface area contributed by atoms with Crippen LogP contribution in [0.3, 0.4) is 0 Å². The van der Waals surface area contributed by atoms with Gasteiger partial charge in [-0.25, -0.2) is 4.79 Å². The minimum absolute atomic E-state index is 0.114. The normalized spacial score (nSPS) is 20.4. The molecule has 1 aliphatic rings. The summed E-state index contributed by atoms with van der Waals surface area (Å²) in [5, 5.41) is 9.75. The van der Waals surface area contributed by atoms with Crippen molar-refractivity contribution >= 4 is 11.9 Å². The molecule has 154 valence electrons. The van der Waals surface area contributed by atoms with Gasteiger partial charge >= 0.3 is 11.9 Å². The highest BCUT2D eigenvalue weighted by molar-refractivity contribution is 5.91. The number of benzene rings is 1. The van der Waals surface area contributed by atoms with E-state index in [2.05, 4.69) is 6.92 Å². The van der Waals surface area contributed by atoms with Crippen molar-refractivity contribution < 1.29 is 24.2 Å². The highest BCUT2D eigenvalue weighted by Crippen LogP contribution is 2.31. The molecule has 1 atom stereocenters. The molecule has 1 aromatic rings. The van der Waals surface area contributed by atoms with Gasteiger partial charge in [0.1, 0.15) is 6.61 Å². The molecule has 1 saturated heterocycles. The maximum atomic E-state index is 12.1. The number of aliphatic hydroxyl groups is 1. The third-order valence-electron chi connectivity index (χ3n) is 5.03. The van der Waals surface area contributed by atoms with Crippen LogP contribution >= 0.6 is 0 Å². The zero-order valence-corrected chi connectivity index (χ0v) is 16.8. The van der Waals surface area contributed by atoms with Crippen molar-refractivity contribution in [3.8, 4) is 0 Å². The molecule has 1 aromatic carbocycles. The largest absolute Gasteiger partial charge is 0.461 e. The third-order valence-corrected chi connectivity index (χ3v) is 5.03. The Labute approximate surface area is 167 Å². The van der Waals surface area contributed by atoms with Gasteiger partial charge in [-0.3, -0.25) is 4.79 Å². The van der Waals surface area contributed by atoms with Crippen molar-refractivity contribution in [3.05, 3.63) is 47.5 Å². The maximum Gasteiger partial charge on any atom is 0.334 e. The minimum Gasteiger partial charge on any atom is -0.461 e. The van der Waals surface area contributed by atoms with Gasteiger partial charge in [0.05, 0.1) is 6.61 Å². The fourth-order valence-corrected chi connectivity index (χ4v) is 3.29. The molecular weight excluding hydrogens is 356 g/mol. The number of ether oxygens (including phenoxy) is 2. The second kappa shape index (κ2) is 11.6. The fraction of sp³-hybridized carbons (Fsp3) is 0.565. The first kappa shape index (κ1) is 22.2. The van der Waals surface area contributed by atoms with Crippen molar-refractivity contribution in [2.24, 2.45) is 0 Å². The van der Waals surface area contributed by atoms with Crippen LogP contribution < -0.4 is 0 Å². The molecule has 2 rings (SSSR count). The lowest BCUT2D eigenvalue weighted by Gasteiger charge is -2.24. The second-order valence-electron chi connectivity index (χ2n) is 7.49. The van der Waals surface area contributed by atoms with Gasteiger partial charge in [-0.2, -0.15) is 0 Å². The summed E-state index contributed by atoms with van der Waals surface area (Å²) < 4.78 is 10.7. The number of unbranched alkanes of at least 4 members (excludes halogenated alkanes) is 5. The Morgan fingerprint density at radius 1 is 1.21 bits per heavy atom. The molecule has 0 aliphatic carbocycles. The summed E-state index contributed by atoms with van der Waals surface area (Å²) in [6, 6.07) is 9.70. The zero-order chi connectivity index (χ0) is 20.2. The van der Waals surface area contributed by atoms with E-state index in [4.69, 9.17) is 9.47 Å². The van der Waals surface area contributed by atoms with Gasteiger partial charge in [-0.05, 0) is 24.8 Å². The van der Waals surface area contributed by atoms with Crippen LogP contribution in [-0.4, -0.2) is 35.9 Å². The van der Waals surface area contributed by atoms with Gasteiger partial charge in [-0.15, -0.1) is 0 Å². The Morgan fingerprint density at radius 3 is 2.68 bits per heavy atom. The molecular formula is C23H32O5. The average Bonchev–Trinajstić information content (AvgIpc) is 3.04. The lowest BCUT2D eigenvalue weighted by Crippen LogP contribution is -2.39. The molecule has 1 N–H and O–H groups in total. The number of allylic oxidation sites excluding steroid dienone is 1. The fourth-order valence-electron chi connectivity index (χ4n) is 3.29. The molecule has 0 saturated carbocycles. The van der Waals surface area contributed by atoms with E-state index >= 15 is 0 Å². The number of hydrogen-bond acceptors (Lipinski definition) is 5.